The fraction of sp³-hybridized carbons (Fsp3) is 0.615. The topological polar surface area (TPSA) is 38.9 Å². The average molecular weight is 236 g/mol. The summed E-state index contributed by atoms with van der Waals surface area (Å²) in [5, 5.41) is 1.14. The zero-order valence-electron chi connectivity index (χ0n) is 9.86. The average Bonchev–Trinajstić information content (AvgIpc) is 2.80. The number of hydrogen-bond acceptors (Lipinski definition) is 3. The van der Waals surface area contributed by atoms with Crippen LogP contribution in [-0.4, -0.2) is 10.7 Å². The van der Waals surface area contributed by atoms with Gasteiger partial charge in [-0.05, 0) is 37.3 Å². The zero-order chi connectivity index (χ0) is 11.4. The molecule has 16 heavy (non-hydrogen) atoms. The summed E-state index contributed by atoms with van der Waals surface area (Å²) < 4.78 is 0. The standard InChI is InChI=1S/C13H20N2S/c1-10(14)12-6-7-13(15-8-12)16-9-11-4-2-3-5-11/h6-8,10-11H,2-5,9,14H2,1H3. The third-order valence-corrected chi connectivity index (χ3v) is 4.40. The lowest BCUT2D eigenvalue weighted by Crippen LogP contribution is -2.05. The van der Waals surface area contributed by atoms with Crippen molar-refractivity contribution in [3.05, 3.63) is 23.9 Å². The summed E-state index contributed by atoms with van der Waals surface area (Å²) >= 11 is 1.89. The second kappa shape index (κ2) is 5.69. The number of hydrogen-bond donors (Lipinski definition) is 1. The van der Waals surface area contributed by atoms with Crippen LogP contribution in [0.25, 0.3) is 0 Å². The van der Waals surface area contributed by atoms with Gasteiger partial charge >= 0.3 is 0 Å². The molecule has 1 fully saturated rings. The highest BCUT2D eigenvalue weighted by atomic mass is 32.2. The predicted octanol–water partition coefficient (Wildman–Crippen LogP) is 3.38. The van der Waals surface area contributed by atoms with E-state index in [9.17, 15) is 0 Å². The number of thioether (sulfide) groups is 1. The third-order valence-electron chi connectivity index (χ3n) is 3.23. The van der Waals surface area contributed by atoms with Crippen LogP contribution in [0.1, 0.15) is 44.2 Å². The van der Waals surface area contributed by atoms with E-state index in [1.165, 1.54) is 31.4 Å². The molecule has 1 aliphatic rings. The van der Waals surface area contributed by atoms with Gasteiger partial charge in [-0.15, -0.1) is 11.8 Å². The Labute approximate surface area is 102 Å². The SMILES string of the molecule is CC(N)c1ccc(SCC2CCCC2)nc1. The lowest BCUT2D eigenvalue weighted by atomic mass is 10.1. The molecule has 2 rings (SSSR count). The molecule has 1 aliphatic carbocycles. The Morgan fingerprint density at radius 2 is 2.19 bits per heavy atom. The fourth-order valence-electron chi connectivity index (χ4n) is 2.13. The number of nitrogens with zero attached hydrogens (tertiary/aromatic N) is 1. The first kappa shape index (κ1) is 11.9. The molecule has 2 N–H and O–H groups in total. The summed E-state index contributed by atoms with van der Waals surface area (Å²) in [7, 11) is 0. The van der Waals surface area contributed by atoms with E-state index >= 15 is 0 Å². The molecule has 2 nitrogen and oxygen atoms in total. The highest BCUT2D eigenvalue weighted by Crippen LogP contribution is 2.30. The Bertz CT molecular complexity index is 315. The molecule has 0 radical (unpaired) electrons. The van der Waals surface area contributed by atoms with Crippen LogP contribution in [0.4, 0.5) is 0 Å². The Balaban J connectivity index is 1.84. The molecule has 1 aromatic heterocycles. The summed E-state index contributed by atoms with van der Waals surface area (Å²) in [6.07, 6.45) is 7.56. The third kappa shape index (κ3) is 3.22. The maximum atomic E-state index is 5.79. The first-order valence-corrected chi connectivity index (χ1v) is 7.08. The number of nitrogens with two attached hydrogens (primary N) is 1. The van der Waals surface area contributed by atoms with Crippen molar-refractivity contribution in [2.75, 3.05) is 5.75 Å². The van der Waals surface area contributed by atoms with Crippen LogP contribution in [0.2, 0.25) is 0 Å². The van der Waals surface area contributed by atoms with Crippen LogP contribution in [-0.2, 0) is 0 Å². The quantitative estimate of drug-likeness (QED) is 0.814. The molecular weight excluding hydrogens is 216 g/mol. The molecule has 0 bridgehead atoms. The van der Waals surface area contributed by atoms with Gasteiger partial charge in [-0.3, -0.25) is 0 Å². The van der Waals surface area contributed by atoms with Gasteiger partial charge in [0.05, 0.1) is 5.03 Å². The number of pyridine rings is 1. The molecule has 1 atom stereocenters. The molecule has 3 heteroatoms. The molecule has 0 amide bonds. The zero-order valence-corrected chi connectivity index (χ0v) is 10.7. The summed E-state index contributed by atoms with van der Waals surface area (Å²) in [5.41, 5.74) is 6.91. The summed E-state index contributed by atoms with van der Waals surface area (Å²) in [6.45, 7) is 1.99. The summed E-state index contributed by atoms with van der Waals surface area (Å²) in [4.78, 5) is 4.44. The first-order chi connectivity index (χ1) is 7.75. The predicted molar refractivity (Wildman–Crippen MR) is 69.5 cm³/mol. The maximum absolute atomic E-state index is 5.79. The second-order valence-electron chi connectivity index (χ2n) is 4.68. The smallest absolute Gasteiger partial charge is 0.0960 e. The Kier molecular flexibility index (Phi) is 4.24. The van der Waals surface area contributed by atoms with E-state index in [0.717, 1.165) is 16.5 Å². The van der Waals surface area contributed by atoms with Gasteiger partial charge in [-0.1, -0.05) is 18.9 Å². The van der Waals surface area contributed by atoms with Gasteiger partial charge in [0.1, 0.15) is 0 Å². The highest BCUT2D eigenvalue weighted by molar-refractivity contribution is 7.99. The van der Waals surface area contributed by atoms with Crippen molar-refractivity contribution in [3.8, 4) is 0 Å². The van der Waals surface area contributed by atoms with Gasteiger partial charge in [0.15, 0.2) is 0 Å². The van der Waals surface area contributed by atoms with Crippen molar-refractivity contribution < 1.29 is 0 Å². The fourth-order valence-corrected chi connectivity index (χ4v) is 3.16. The molecule has 0 spiro atoms. The lowest BCUT2D eigenvalue weighted by Gasteiger charge is -2.09. The van der Waals surface area contributed by atoms with Crippen molar-refractivity contribution in [2.45, 2.75) is 43.7 Å². The van der Waals surface area contributed by atoms with Crippen molar-refractivity contribution in [1.82, 2.24) is 4.98 Å². The summed E-state index contributed by atoms with van der Waals surface area (Å²) in [5.74, 6) is 2.14. The molecule has 0 aliphatic heterocycles. The van der Waals surface area contributed by atoms with E-state index in [1.54, 1.807) is 0 Å². The molecule has 0 saturated heterocycles. The molecule has 1 heterocycles. The lowest BCUT2D eigenvalue weighted by molar-refractivity contribution is 0.623. The number of aromatic nitrogens is 1. The van der Waals surface area contributed by atoms with E-state index in [2.05, 4.69) is 17.1 Å². The molecule has 1 aromatic rings. The van der Waals surface area contributed by atoms with E-state index in [-0.39, 0.29) is 6.04 Å². The van der Waals surface area contributed by atoms with Gasteiger partial charge in [0.25, 0.3) is 0 Å². The maximum Gasteiger partial charge on any atom is 0.0960 e. The minimum absolute atomic E-state index is 0.0846. The molecule has 88 valence electrons. The van der Waals surface area contributed by atoms with Crippen molar-refractivity contribution in [3.63, 3.8) is 0 Å². The van der Waals surface area contributed by atoms with Gasteiger partial charge in [-0.25, -0.2) is 4.98 Å². The van der Waals surface area contributed by atoms with Gasteiger partial charge in [0.2, 0.25) is 0 Å². The van der Waals surface area contributed by atoms with Crippen molar-refractivity contribution >= 4 is 11.8 Å². The minimum Gasteiger partial charge on any atom is -0.324 e. The van der Waals surface area contributed by atoms with Crippen LogP contribution < -0.4 is 5.73 Å². The van der Waals surface area contributed by atoms with E-state index in [0.29, 0.717) is 0 Å². The number of rotatable bonds is 4. The van der Waals surface area contributed by atoms with Crippen molar-refractivity contribution in [1.29, 1.82) is 0 Å². The van der Waals surface area contributed by atoms with Crippen LogP contribution in [0.15, 0.2) is 23.4 Å². The van der Waals surface area contributed by atoms with Crippen molar-refractivity contribution in [2.24, 2.45) is 11.7 Å². The Morgan fingerprint density at radius 1 is 1.44 bits per heavy atom. The molecular formula is C13H20N2S. The second-order valence-corrected chi connectivity index (χ2v) is 5.72. The van der Waals surface area contributed by atoms with E-state index in [4.69, 9.17) is 5.73 Å². The summed E-state index contributed by atoms with van der Waals surface area (Å²) in [6, 6.07) is 4.27. The van der Waals surface area contributed by atoms with Crippen LogP contribution in [0.3, 0.4) is 0 Å². The van der Waals surface area contributed by atoms with Crippen LogP contribution in [0.5, 0.6) is 0 Å². The monoisotopic (exact) mass is 236 g/mol. The van der Waals surface area contributed by atoms with Gasteiger partial charge < -0.3 is 5.73 Å². The normalized spacial score (nSPS) is 18.9. The first-order valence-electron chi connectivity index (χ1n) is 6.10. The van der Waals surface area contributed by atoms with Crippen LogP contribution in [0, 0.1) is 5.92 Å². The minimum atomic E-state index is 0.0846. The van der Waals surface area contributed by atoms with Crippen LogP contribution >= 0.6 is 11.8 Å². The molecule has 1 unspecified atom stereocenters. The highest BCUT2D eigenvalue weighted by Gasteiger charge is 2.15. The van der Waals surface area contributed by atoms with Gasteiger partial charge in [-0.2, -0.15) is 0 Å². The van der Waals surface area contributed by atoms with E-state index < -0.39 is 0 Å². The Hall–Kier alpha value is -0.540. The van der Waals surface area contributed by atoms with E-state index in [1.807, 2.05) is 24.9 Å². The molecule has 0 aromatic carbocycles. The van der Waals surface area contributed by atoms with Gasteiger partial charge in [0, 0.05) is 18.0 Å². The largest absolute Gasteiger partial charge is 0.324 e. The molecule has 1 saturated carbocycles. The Morgan fingerprint density at radius 3 is 2.75 bits per heavy atom.